The van der Waals surface area contributed by atoms with E-state index < -0.39 is 71.8 Å². The molecule has 0 saturated carbocycles. The van der Waals surface area contributed by atoms with Gasteiger partial charge in [0.2, 0.25) is 23.6 Å². The molecular weight excluding hydrogens is 746 g/mol. The molecule has 6 atom stereocenters. The number of carbonyl (C=O) groups excluding carboxylic acids is 6. The molecule has 0 bridgehead atoms. The van der Waals surface area contributed by atoms with E-state index in [9.17, 15) is 33.9 Å². The summed E-state index contributed by atoms with van der Waals surface area (Å²) in [5.74, 6) is -5.10. The van der Waals surface area contributed by atoms with Gasteiger partial charge in [0.25, 0.3) is 17.6 Å². The number of aliphatic hydroxyl groups is 1. The fourth-order valence-corrected chi connectivity index (χ4v) is 5.57. The van der Waals surface area contributed by atoms with Gasteiger partial charge in [-0.25, -0.2) is 4.98 Å². The van der Waals surface area contributed by atoms with Crippen LogP contribution in [0.4, 0.5) is 0 Å². The molecule has 3 aromatic carbocycles. The molecule has 4 aromatic rings. The molecule has 17 nitrogen and oxygen atoms in total. The van der Waals surface area contributed by atoms with Gasteiger partial charge in [0.05, 0.1) is 6.10 Å². The van der Waals surface area contributed by atoms with Crippen LogP contribution in [0.15, 0.2) is 77.2 Å². The summed E-state index contributed by atoms with van der Waals surface area (Å²) in [4.78, 5) is 82.9. The zero-order chi connectivity index (χ0) is 40.9. The molecular formula is C38H46ClN9O8. The second-order valence-corrected chi connectivity index (χ2v) is 13.4. The van der Waals surface area contributed by atoms with Gasteiger partial charge in [-0.1, -0.05) is 48.0 Å². The third-order valence-electron chi connectivity index (χ3n) is 8.66. The van der Waals surface area contributed by atoms with Crippen molar-refractivity contribution in [3.05, 3.63) is 89.3 Å². The highest BCUT2D eigenvalue weighted by Gasteiger charge is 2.33. The van der Waals surface area contributed by atoms with Crippen LogP contribution in [0, 0.1) is 0 Å². The zero-order valence-electron chi connectivity index (χ0n) is 30.8. The van der Waals surface area contributed by atoms with Crippen LogP contribution < -0.4 is 43.8 Å². The monoisotopic (exact) mass is 791 g/mol. The summed E-state index contributed by atoms with van der Waals surface area (Å²) in [5.41, 5.74) is 20.1. The van der Waals surface area contributed by atoms with E-state index in [2.05, 4.69) is 31.6 Å². The SMILES string of the molecule is CC(NC(=O)C(NC(=O)C(CN)NC(=O)c1ccc(-c2ccc(Cl)cc2)cc1)C(C)O)C(=O)NC(CCCCN)C(=O)NC(N)C(=O)c1nc2ccccc2o1. The number of halogens is 1. The maximum atomic E-state index is 13.3. The highest BCUT2D eigenvalue weighted by Crippen LogP contribution is 2.22. The number of nitrogens with one attached hydrogen (secondary N) is 5. The van der Waals surface area contributed by atoms with E-state index in [1.165, 1.54) is 13.8 Å². The summed E-state index contributed by atoms with van der Waals surface area (Å²) in [6, 6.07) is 15.1. The number of nitrogens with zero attached hydrogens (tertiary/aromatic N) is 1. The number of aliphatic hydroxyl groups excluding tert-OH is 1. The minimum atomic E-state index is -1.57. The number of hydrogen-bond acceptors (Lipinski definition) is 12. The Hall–Kier alpha value is -5.72. The lowest BCUT2D eigenvalue weighted by molar-refractivity contribution is -0.135. The fourth-order valence-electron chi connectivity index (χ4n) is 5.45. The first-order valence-corrected chi connectivity index (χ1v) is 18.2. The van der Waals surface area contributed by atoms with Crippen molar-refractivity contribution in [2.45, 2.75) is 69.5 Å². The number of benzene rings is 3. The van der Waals surface area contributed by atoms with Gasteiger partial charge in [0.1, 0.15) is 35.8 Å². The molecule has 0 aliphatic rings. The third-order valence-corrected chi connectivity index (χ3v) is 8.91. The van der Waals surface area contributed by atoms with Crippen LogP contribution >= 0.6 is 11.6 Å². The minimum absolute atomic E-state index is 0.115. The summed E-state index contributed by atoms with van der Waals surface area (Å²) < 4.78 is 5.45. The number of carbonyl (C=O) groups is 6. The molecule has 0 aliphatic carbocycles. The number of amides is 5. The van der Waals surface area contributed by atoms with Crippen molar-refractivity contribution in [3.8, 4) is 11.1 Å². The topological polar surface area (TPSA) is 287 Å². The van der Waals surface area contributed by atoms with Crippen LogP contribution in [-0.4, -0.2) is 94.9 Å². The second kappa shape index (κ2) is 20.3. The third kappa shape index (κ3) is 11.6. The van der Waals surface area contributed by atoms with Crippen LogP contribution in [0.25, 0.3) is 22.2 Å². The molecule has 56 heavy (non-hydrogen) atoms. The largest absolute Gasteiger partial charge is 0.434 e. The standard InChI is InChI=1S/C38H46ClN9O8/c1-20(33(51)44-27(8-5-6-18-40)35(53)48-32(42)31(50)38-46-26-7-3-4-9-29(26)56-38)43-37(55)30(21(2)49)47-36(54)28(19-41)45-34(52)24-12-10-22(11-13-24)23-14-16-25(39)17-15-23/h3-4,7,9-17,20-21,27-28,30,32,49H,5-6,8,18-19,40-42H2,1-2H3,(H,43,55)(H,44,51)(H,45,52)(H,47,54)(H,48,53). The van der Waals surface area contributed by atoms with E-state index in [1.54, 1.807) is 60.7 Å². The van der Waals surface area contributed by atoms with Crippen LogP contribution in [0.2, 0.25) is 5.02 Å². The quantitative estimate of drug-likeness (QED) is 0.0356. The Morgan fingerprint density at radius 2 is 1.38 bits per heavy atom. The Balaban J connectivity index is 1.34. The number of ketones is 1. The number of unbranched alkanes of at least 4 members (excludes halogenated alkanes) is 1. The number of aromatic nitrogens is 1. The molecule has 18 heteroatoms. The number of oxazole rings is 1. The van der Waals surface area contributed by atoms with Crippen molar-refractivity contribution in [1.29, 1.82) is 0 Å². The van der Waals surface area contributed by atoms with Gasteiger partial charge in [0, 0.05) is 17.1 Å². The van der Waals surface area contributed by atoms with Crippen molar-refractivity contribution < 1.29 is 38.3 Å². The average Bonchev–Trinajstić information content (AvgIpc) is 3.62. The number of fused-ring (bicyclic) bond motifs is 1. The predicted molar refractivity (Wildman–Crippen MR) is 208 cm³/mol. The lowest BCUT2D eigenvalue weighted by Crippen LogP contribution is -2.61. The molecule has 0 saturated heterocycles. The van der Waals surface area contributed by atoms with Crippen molar-refractivity contribution in [1.82, 2.24) is 31.6 Å². The van der Waals surface area contributed by atoms with E-state index >= 15 is 0 Å². The Morgan fingerprint density at radius 3 is 1.98 bits per heavy atom. The Labute approximate surface area is 327 Å². The van der Waals surface area contributed by atoms with E-state index in [-0.39, 0.29) is 24.4 Å². The molecule has 5 amide bonds. The number of para-hydroxylation sites is 2. The van der Waals surface area contributed by atoms with E-state index in [4.69, 9.17) is 33.2 Å². The molecule has 6 unspecified atom stereocenters. The molecule has 0 radical (unpaired) electrons. The van der Waals surface area contributed by atoms with Crippen LogP contribution in [-0.2, 0) is 19.2 Å². The van der Waals surface area contributed by atoms with Gasteiger partial charge < -0.3 is 53.3 Å². The summed E-state index contributed by atoms with van der Waals surface area (Å²) in [6.07, 6.45) is -1.94. The zero-order valence-corrected chi connectivity index (χ0v) is 31.5. The molecule has 1 heterocycles. The van der Waals surface area contributed by atoms with Crippen molar-refractivity contribution in [2.24, 2.45) is 17.2 Å². The van der Waals surface area contributed by atoms with E-state index in [0.29, 0.717) is 35.5 Å². The summed E-state index contributed by atoms with van der Waals surface area (Å²) in [7, 11) is 0. The lowest BCUT2D eigenvalue weighted by Gasteiger charge is -2.26. The van der Waals surface area contributed by atoms with Crippen molar-refractivity contribution in [2.75, 3.05) is 13.1 Å². The molecule has 0 aliphatic heterocycles. The van der Waals surface area contributed by atoms with Gasteiger partial charge in [0.15, 0.2) is 5.58 Å². The lowest BCUT2D eigenvalue weighted by atomic mass is 10.0. The van der Waals surface area contributed by atoms with Crippen molar-refractivity contribution >= 4 is 58.0 Å². The Morgan fingerprint density at radius 1 is 0.750 bits per heavy atom. The minimum Gasteiger partial charge on any atom is -0.434 e. The number of rotatable bonds is 19. The van der Waals surface area contributed by atoms with Gasteiger partial charge >= 0.3 is 0 Å². The molecule has 0 spiro atoms. The number of hydrogen-bond donors (Lipinski definition) is 9. The summed E-state index contributed by atoms with van der Waals surface area (Å²) in [5, 5.41) is 23.2. The Bertz CT molecular complexity index is 1970. The average molecular weight is 792 g/mol. The maximum Gasteiger partial charge on any atom is 0.268 e. The van der Waals surface area contributed by atoms with E-state index in [1.807, 2.05) is 12.1 Å². The van der Waals surface area contributed by atoms with Gasteiger partial charge in [-0.3, -0.25) is 28.8 Å². The maximum absolute atomic E-state index is 13.3. The molecule has 4 rings (SSSR count). The second-order valence-electron chi connectivity index (χ2n) is 13.0. The first kappa shape index (κ1) is 43.0. The van der Waals surface area contributed by atoms with Crippen LogP contribution in [0.5, 0.6) is 0 Å². The van der Waals surface area contributed by atoms with Gasteiger partial charge in [-0.15, -0.1) is 0 Å². The van der Waals surface area contributed by atoms with Gasteiger partial charge in [-0.05, 0) is 87.2 Å². The molecule has 12 N–H and O–H groups in total. The van der Waals surface area contributed by atoms with Crippen LogP contribution in [0.3, 0.4) is 0 Å². The van der Waals surface area contributed by atoms with E-state index in [0.717, 1.165) is 11.1 Å². The predicted octanol–water partition coefficient (Wildman–Crippen LogP) is 0.473. The first-order chi connectivity index (χ1) is 26.7. The number of nitrogens with two attached hydrogens (primary N) is 3. The van der Waals surface area contributed by atoms with Crippen LogP contribution in [0.1, 0.15) is 54.2 Å². The normalized spacial score (nSPS) is 14.3. The molecule has 0 fully saturated rings. The highest BCUT2D eigenvalue weighted by atomic mass is 35.5. The molecule has 298 valence electrons. The smallest absolute Gasteiger partial charge is 0.268 e. The fraction of sp³-hybridized carbons (Fsp3) is 0.342. The highest BCUT2D eigenvalue weighted by molar-refractivity contribution is 6.30. The van der Waals surface area contributed by atoms with Crippen molar-refractivity contribution in [3.63, 3.8) is 0 Å². The summed E-state index contributed by atoms with van der Waals surface area (Å²) >= 11 is 5.96. The number of Topliss-reactive ketones (excluding diaryl/α,β-unsaturated/α-hetero) is 1. The first-order valence-electron chi connectivity index (χ1n) is 17.8. The molecule has 1 aromatic heterocycles. The Kier molecular flexibility index (Phi) is 15.6. The van der Waals surface area contributed by atoms with Gasteiger partial charge in [-0.2, -0.15) is 0 Å². The summed E-state index contributed by atoms with van der Waals surface area (Å²) in [6.45, 7) is 2.55.